The fourth-order valence-corrected chi connectivity index (χ4v) is 1.69. The molecule has 0 atom stereocenters. The van der Waals surface area contributed by atoms with E-state index in [1.54, 1.807) is 7.11 Å². The summed E-state index contributed by atoms with van der Waals surface area (Å²) in [6.07, 6.45) is 2.02. The minimum absolute atomic E-state index is 0.597. The summed E-state index contributed by atoms with van der Waals surface area (Å²) >= 11 is 0. The topological polar surface area (TPSA) is 18.5 Å². The average Bonchev–Trinajstić information content (AvgIpc) is 2.27. The largest absolute Gasteiger partial charge is 0.496 e. The number of rotatable bonds is 6. The summed E-state index contributed by atoms with van der Waals surface area (Å²) in [5.74, 6) is 2.50. The van der Waals surface area contributed by atoms with Crippen LogP contribution in [-0.4, -0.2) is 13.7 Å². The van der Waals surface area contributed by atoms with Crippen molar-refractivity contribution in [2.45, 2.75) is 33.6 Å². The number of ether oxygens (including phenoxy) is 2. The Morgan fingerprint density at radius 3 is 2.44 bits per heavy atom. The minimum atomic E-state index is 0.597. The molecule has 90 valence electrons. The van der Waals surface area contributed by atoms with Crippen molar-refractivity contribution in [3.8, 4) is 11.5 Å². The van der Waals surface area contributed by atoms with Crippen molar-refractivity contribution in [3.63, 3.8) is 0 Å². The first-order valence-corrected chi connectivity index (χ1v) is 5.97. The van der Waals surface area contributed by atoms with Crippen LogP contribution in [0, 0.1) is 5.92 Å². The van der Waals surface area contributed by atoms with Crippen LogP contribution in [0.25, 0.3) is 0 Å². The molecule has 0 fully saturated rings. The van der Waals surface area contributed by atoms with Crippen molar-refractivity contribution in [2.24, 2.45) is 5.92 Å². The van der Waals surface area contributed by atoms with E-state index in [9.17, 15) is 0 Å². The maximum atomic E-state index is 5.75. The fraction of sp³-hybridized carbons (Fsp3) is 0.571. The van der Waals surface area contributed by atoms with Crippen molar-refractivity contribution in [2.75, 3.05) is 13.7 Å². The SMILES string of the molecule is CCCOc1cccc(OC)c1CC(C)C. The van der Waals surface area contributed by atoms with Gasteiger partial charge in [-0.3, -0.25) is 0 Å². The van der Waals surface area contributed by atoms with Gasteiger partial charge in [0.15, 0.2) is 0 Å². The van der Waals surface area contributed by atoms with Crippen molar-refractivity contribution in [1.29, 1.82) is 0 Å². The molecule has 0 N–H and O–H groups in total. The van der Waals surface area contributed by atoms with Gasteiger partial charge < -0.3 is 9.47 Å². The van der Waals surface area contributed by atoms with E-state index in [-0.39, 0.29) is 0 Å². The van der Waals surface area contributed by atoms with E-state index in [0.717, 1.165) is 30.9 Å². The maximum absolute atomic E-state index is 5.75. The molecule has 16 heavy (non-hydrogen) atoms. The fourth-order valence-electron chi connectivity index (χ4n) is 1.69. The summed E-state index contributed by atoms with van der Waals surface area (Å²) in [6.45, 7) is 7.28. The Morgan fingerprint density at radius 1 is 1.19 bits per heavy atom. The molecule has 1 rings (SSSR count). The molecular formula is C14H22O2. The molecule has 0 amide bonds. The highest BCUT2D eigenvalue weighted by atomic mass is 16.5. The van der Waals surface area contributed by atoms with Crippen LogP contribution in [0.5, 0.6) is 11.5 Å². The van der Waals surface area contributed by atoms with E-state index in [4.69, 9.17) is 9.47 Å². The van der Waals surface area contributed by atoms with Gasteiger partial charge in [0.2, 0.25) is 0 Å². The zero-order valence-corrected chi connectivity index (χ0v) is 10.7. The lowest BCUT2D eigenvalue weighted by Gasteiger charge is -2.15. The van der Waals surface area contributed by atoms with Gasteiger partial charge in [0, 0.05) is 5.56 Å². The Labute approximate surface area is 98.6 Å². The molecular weight excluding hydrogens is 200 g/mol. The number of hydrogen-bond acceptors (Lipinski definition) is 2. The van der Waals surface area contributed by atoms with Crippen LogP contribution in [0.3, 0.4) is 0 Å². The van der Waals surface area contributed by atoms with Crippen molar-refractivity contribution in [1.82, 2.24) is 0 Å². The second-order valence-corrected chi connectivity index (χ2v) is 4.38. The maximum Gasteiger partial charge on any atom is 0.126 e. The van der Waals surface area contributed by atoms with Gasteiger partial charge in [0.1, 0.15) is 11.5 Å². The van der Waals surface area contributed by atoms with Crippen molar-refractivity contribution >= 4 is 0 Å². The molecule has 1 aromatic rings. The van der Waals surface area contributed by atoms with Gasteiger partial charge in [-0.2, -0.15) is 0 Å². The van der Waals surface area contributed by atoms with E-state index < -0.39 is 0 Å². The van der Waals surface area contributed by atoms with Crippen LogP contribution in [-0.2, 0) is 6.42 Å². The highest BCUT2D eigenvalue weighted by Crippen LogP contribution is 2.30. The molecule has 0 aromatic heterocycles. The first-order chi connectivity index (χ1) is 7.69. The third kappa shape index (κ3) is 3.44. The molecule has 0 heterocycles. The van der Waals surface area contributed by atoms with Gasteiger partial charge in [-0.1, -0.05) is 26.8 Å². The molecule has 0 aliphatic carbocycles. The van der Waals surface area contributed by atoms with Gasteiger partial charge in [0.25, 0.3) is 0 Å². The monoisotopic (exact) mass is 222 g/mol. The Kier molecular flexibility index (Phi) is 5.17. The average molecular weight is 222 g/mol. The number of methoxy groups -OCH3 is 1. The molecule has 1 aromatic carbocycles. The molecule has 2 heteroatoms. The second kappa shape index (κ2) is 6.41. The number of hydrogen-bond donors (Lipinski definition) is 0. The van der Waals surface area contributed by atoms with Crippen LogP contribution in [0.4, 0.5) is 0 Å². The predicted octanol–water partition coefficient (Wildman–Crippen LogP) is 3.68. The summed E-state index contributed by atoms with van der Waals surface area (Å²) in [6, 6.07) is 6.00. The van der Waals surface area contributed by atoms with Crippen LogP contribution in [0.1, 0.15) is 32.8 Å². The van der Waals surface area contributed by atoms with Gasteiger partial charge in [-0.05, 0) is 30.9 Å². The minimum Gasteiger partial charge on any atom is -0.496 e. The van der Waals surface area contributed by atoms with Gasteiger partial charge >= 0.3 is 0 Å². The van der Waals surface area contributed by atoms with E-state index in [1.807, 2.05) is 18.2 Å². The highest BCUT2D eigenvalue weighted by Gasteiger charge is 2.11. The Morgan fingerprint density at radius 2 is 1.88 bits per heavy atom. The van der Waals surface area contributed by atoms with Gasteiger partial charge in [0.05, 0.1) is 13.7 Å². The molecule has 0 saturated heterocycles. The smallest absolute Gasteiger partial charge is 0.126 e. The Balaban J connectivity index is 2.95. The summed E-state index contributed by atoms with van der Waals surface area (Å²) in [5.41, 5.74) is 1.19. The van der Waals surface area contributed by atoms with Crippen molar-refractivity contribution in [3.05, 3.63) is 23.8 Å². The Bertz CT molecular complexity index is 319. The lowest BCUT2D eigenvalue weighted by Crippen LogP contribution is -2.03. The molecule has 2 nitrogen and oxygen atoms in total. The lowest BCUT2D eigenvalue weighted by atomic mass is 10.0. The predicted molar refractivity (Wildman–Crippen MR) is 67.3 cm³/mol. The van der Waals surface area contributed by atoms with E-state index >= 15 is 0 Å². The van der Waals surface area contributed by atoms with E-state index in [1.165, 1.54) is 5.56 Å². The molecule has 0 spiro atoms. The molecule has 0 saturated carbocycles. The normalized spacial score (nSPS) is 10.6. The van der Waals surface area contributed by atoms with Crippen molar-refractivity contribution < 1.29 is 9.47 Å². The third-order valence-corrected chi connectivity index (χ3v) is 2.38. The van der Waals surface area contributed by atoms with Crippen LogP contribution in [0.15, 0.2) is 18.2 Å². The van der Waals surface area contributed by atoms with Gasteiger partial charge in [-0.25, -0.2) is 0 Å². The highest BCUT2D eigenvalue weighted by molar-refractivity contribution is 5.45. The van der Waals surface area contributed by atoms with Gasteiger partial charge in [-0.15, -0.1) is 0 Å². The quantitative estimate of drug-likeness (QED) is 0.731. The zero-order chi connectivity index (χ0) is 12.0. The first-order valence-electron chi connectivity index (χ1n) is 5.97. The van der Waals surface area contributed by atoms with Crippen LogP contribution >= 0.6 is 0 Å². The van der Waals surface area contributed by atoms with Crippen LogP contribution in [0.2, 0.25) is 0 Å². The molecule has 0 unspecified atom stereocenters. The first kappa shape index (κ1) is 12.9. The summed E-state index contributed by atoms with van der Waals surface area (Å²) in [5, 5.41) is 0. The molecule has 0 aliphatic rings. The molecule has 0 radical (unpaired) electrons. The lowest BCUT2D eigenvalue weighted by molar-refractivity contribution is 0.308. The van der Waals surface area contributed by atoms with E-state index in [2.05, 4.69) is 20.8 Å². The van der Waals surface area contributed by atoms with E-state index in [0.29, 0.717) is 5.92 Å². The Hall–Kier alpha value is -1.18. The van der Waals surface area contributed by atoms with Crippen LogP contribution < -0.4 is 9.47 Å². The summed E-state index contributed by atoms with van der Waals surface area (Å²) in [7, 11) is 1.71. The number of benzene rings is 1. The molecule has 0 aliphatic heterocycles. The summed E-state index contributed by atoms with van der Waals surface area (Å²) in [4.78, 5) is 0. The second-order valence-electron chi connectivity index (χ2n) is 4.38. The third-order valence-electron chi connectivity index (χ3n) is 2.38. The molecule has 0 bridgehead atoms. The standard InChI is InChI=1S/C14H22O2/c1-5-9-16-14-8-6-7-13(15-4)12(14)10-11(2)3/h6-8,11H,5,9-10H2,1-4H3. The summed E-state index contributed by atoms with van der Waals surface area (Å²) < 4.78 is 11.1. The zero-order valence-electron chi connectivity index (χ0n) is 10.7.